The second-order valence-electron chi connectivity index (χ2n) is 11.0. The Morgan fingerprint density at radius 3 is 2.31 bits per heavy atom. The van der Waals surface area contributed by atoms with Crippen molar-refractivity contribution in [2.24, 2.45) is 10.4 Å². The fourth-order valence-corrected chi connectivity index (χ4v) is 7.08. The Labute approximate surface area is 247 Å². The molecule has 4 aromatic rings. The number of aromatic nitrogens is 1. The van der Waals surface area contributed by atoms with Crippen molar-refractivity contribution in [2.75, 3.05) is 18.0 Å². The van der Waals surface area contributed by atoms with E-state index in [0.717, 1.165) is 33.1 Å². The van der Waals surface area contributed by atoms with Crippen LogP contribution in [0.3, 0.4) is 0 Å². The first-order chi connectivity index (χ1) is 18.6. The first-order valence-corrected chi connectivity index (χ1v) is 15.0. The van der Waals surface area contributed by atoms with Crippen LogP contribution < -0.4 is 4.90 Å². The van der Waals surface area contributed by atoms with Gasteiger partial charge in [-0.25, -0.2) is 4.98 Å². The normalized spacial score (nSPS) is 16.9. The van der Waals surface area contributed by atoms with Crippen LogP contribution in [-0.4, -0.2) is 24.3 Å². The van der Waals surface area contributed by atoms with Gasteiger partial charge in [-0.1, -0.05) is 72.8 Å². The van der Waals surface area contributed by atoms with E-state index in [1.54, 1.807) is 11.3 Å². The van der Waals surface area contributed by atoms with Crippen LogP contribution in [-0.2, 0) is 0 Å². The van der Waals surface area contributed by atoms with Gasteiger partial charge in [0.05, 0.1) is 16.4 Å². The minimum atomic E-state index is 0. The number of aryl methyl sites for hydroxylation is 1. The summed E-state index contributed by atoms with van der Waals surface area (Å²) in [6.07, 6.45) is 11.8. The summed E-state index contributed by atoms with van der Waals surface area (Å²) < 4.78 is 0. The van der Waals surface area contributed by atoms with Crippen LogP contribution in [0.4, 0.5) is 11.4 Å². The second-order valence-corrected chi connectivity index (χ2v) is 12.2. The average Bonchev–Trinajstić information content (AvgIpc) is 3.44. The summed E-state index contributed by atoms with van der Waals surface area (Å²) in [6.45, 7) is 4.46. The Hall–Kier alpha value is -2.66. The standard InChI is InChI=1S/C33H34ClN3S.ClH/c1-24-5-9-26(10-6-24)32-36-31(23-38-32)29-14-11-27(21-30(29)34)35-22-25-7-12-28(13-8-25)37-19-17-33(18-20-37)15-3-2-4-16-33;/h5-14,21-23H,2-4,15-20H2,1H3;1H. The molecule has 3 nitrogen and oxygen atoms in total. The van der Waals surface area contributed by atoms with E-state index in [1.165, 1.54) is 69.3 Å². The molecular weight excluding hydrogens is 541 g/mol. The summed E-state index contributed by atoms with van der Waals surface area (Å²) in [5, 5.41) is 3.73. The van der Waals surface area contributed by atoms with Gasteiger partial charge in [-0.2, -0.15) is 0 Å². The van der Waals surface area contributed by atoms with Gasteiger partial charge in [-0.15, -0.1) is 23.7 Å². The molecule has 39 heavy (non-hydrogen) atoms. The summed E-state index contributed by atoms with van der Waals surface area (Å²) in [7, 11) is 0. The molecule has 1 saturated heterocycles. The van der Waals surface area contributed by atoms with E-state index in [1.807, 2.05) is 24.4 Å². The summed E-state index contributed by atoms with van der Waals surface area (Å²) in [5.74, 6) is 0. The molecular formula is C33H35Cl2N3S. The molecule has 6 rings (SSSR count). The number of rotatable bonds is 5. The van der Waals surface area contributed by atoms with Crippen molar-refractivity contribution in [3.05, 3.63) is 88.3 Å². The number of hydrogen-bond acceptors (Lipinski definition) is 4. The van der Waals surface area contributed by atoms with Gasteiger partial charge >= 0.3 is 0 Å². The molecule has 1 aliphatic carbocycles. The predicted molar refractivity (Wildman–Crippen MR) is 171 cm³/mol. The molecule has 0 unspecified atom stereocenters. The maximum absolute atomic E-state index is 6.67. The molecule has 1 aliphatic heterocycles. The molecule has 1 saturated carbocycles. The fraction of sp³-hybridized carbons (Fsp3) is 0.333. The monoisotopic (exact) mass is 575 g/mol. The average molecular weight is 577 g/mol. The van der Waals surface area contributed by atoms with Crippen LogP contribution in [0, 0.1) is 12.3 Å². The number of halogens is 2. The van der Waals surface area contributed by atoms with Crippen LogP contribution in [0.1, 0.15) is 56.1 Å². The summed E-state index contributed by atoms with van der Waals surface area (Å²) in [5.41, 5.74) is 8.10. The Morgan fingerprint density at radius 1 is 0.897 bits per heavy atom. The molecule has 1 spiro atoms. The lowest BCUT2D eigenvalue weighted by Crippen LogP contribution is -2.41. The highest BCUT2D eigenvalue weighted by molar-refractivity contribution is 7.13. The van der Waals surface area contributed by atoms with Gasteiger partial charge < -0.3 is 4.90 Å². The van der Waals surface area contributed by atoms with Gasteiger partial charge in [0.1, 0.15) is 5.01 Å². The number of hydrogen-bond donors (Lipinski definition) is 0. The minimum Gasteiger partial charge on any atom is -0.371 e. The highest BCUT2D eigenvalue weighted by atomic mass is 35.5. The minimum absolute atomic E-state index is 0. The van der Waals surface area contributed by atoms with Crippen molar-refractivity contribution in [3.8, 4) is 21.8 Å². The molecule has 0 atom stereocenters. The van der Waals surface area contributed by atoms with E-state index < -0.39 is 0 Å². The third-order valence-electron chi connectivity index (χ3n) is 8.39. The number of benzene rings is 3. The molecule has 6 heteroatoms. The molecule has 0 N–H and O–H groups in total. The Kier molecular flexibility index (Phi) is 8.76. The Balaban J connectivity index is 0.00000308. The van der Waals surface area contributed by atoms with Crippen LogP contribution >= 0.6 is 35.3 Å². The molecule has 2 fully saturated rings. The second kappa shape index (κ2) is 12.2. The molecule has 202 valence electrons. The third kappa shape index (κ3) is 6.40. The highest BCUT2D eigenvalue weighted by Gasteiger charge is 2.35. The van der Waals surface area contributed by atoms with Crippen LogP contribution in [0.25, 0.3) is 21.8 Å². The molecule has 1 aromatic heterocycles. The van der Waals surface area contributed by atoms with Crippen LogP contribution in [0.5, 0.6) is 0 Å². The van der Waals surface area contributed by atoms with Crippen molar-refractivity contribution in [2.45, 2.75) is 51.9 Å². The maximum Gasteiger partial charge on any atom is 0.124 e. The first kappa shape index (κ1) is 27.9. The lowest BCUT2D eigenvalue weighted by atomic mass is 9.68. The molecule has 2 aliphatic rings. The fourth-order valence-electron chi connectivity index (χ4n) is 5.98. The zero-order valence-electron chi connectivity index (χ0n) is 22.4. The van der Waals surface area contributed by atoms with Crippen molar-refractivity contribution in [1.29, 1.82) is 0 Å². The quantitative estimate of drug-likeness (QED) is 0.221. The Morgan fingerprint density at radius 2 is 1.62 bits per heavy atom. The van der Waals surface area contributed by atoms with Crippen molar-refractivity contribution < 1.29 is 0 Å². The van der Waals surface area contributed by atoms with Crippen molar-refractivity contribution >= 4 is 52.9 Å². The highest BCUT2D eigenvalue weighted by Crippen LogP contribution is 2.45. The maximum atomic E-state index is 6.67. The van der Waals surface area contributed by atoms with Crippen molar-refractivity contribution in [1.82, 2.24) is 4.98 Å². The molecule has 0 radical (unpaired) electrons. The first-order valence-electron chi connectivity index (χ1n) is 13.8. The van der Waals surface area contributed by atoms with E-state index in [0.29, 0.717) is 10.4 Å². The summed E-state index contributed by atoms with van der Waals surface area (Å²) in [6, 6.07) is 23.2. The van der Waals surface area contributed by atoms with Crippen LogP contribution in [0.15, 0.2) is 77.1 Å². The van der Waals surface area contributed by atoms with Gasteiger partial charge in [0.25, 0.3) is 0 Å². The zero-order valence-corrected chi connectivity index (χ0v) is 24.8. The molecule has 0 bridgehead atoms. The van der Waals surface area contributed by atoms with Gasteiger partial charge in [0.2, 0.25) is 0 Å². The van der Waals surface area contributed by atoms with Crippen LogP contribution in [0.2, 0.25) is 5.02 Å². The molecule has 2 heterocycles. The number of anilines is 1. The number of piperidine rings is 1. The van der Waals surface area contributed by atoms with Gasteiger partial charge in [-0.05, 0) is 73.9 Å². The number of aliphatic imine (C=N–C) groups is 1. The van der Waals surface area contributed by atoms with E-state index in [-0.39, 0.29) is 12.4 Å². The van der Waals surface area contributed by atoms with Gasteiger partial charge in [0.15, 0.2) is 0 Å². The van der Waals surface area contributed by atoms with E-state index >= 15 is 0 Å². The SMILES string of the molecule is Cc1ccc(-c2nc(-c3ccc(N=Cc4ccc(N5CCC6(CCCCC6)CC5)cc4)cc3Cl)cs2)cc1.Cl. The van der Waals surface area contributed by atoms with Gasteiger partial charge in [-0.3, -0.25) is 4.99 Å². The molecule has 3 aromatic carbocycles. The topological polar surface area (TPSA) is 28.5 Å². The smallest absolute Gasteiger partial charge is 0.124 e. The molecule has 0 amide bonds. The lowest BCUT2D eigenvalue weighted by molar-refractivity contribution is 0.144. The summed E-state index contributed by atoms with van der Waals surface area (Å²) >= 11 is 8.31. The van der Waals surface area contributed by atoms with Gasteiger partial charge in [0, 0.05) is 41.5 Å². The third-order valence-corrected chi connectivity index (χ3v) is 9.59. The van der Waals surface area contributed by atoms with E-state index in [2.05, 4.69) is 65.7 Å². The number of nitrogens with zero attached hydrogens (tertiary/aromatic N) is 3. The summed E-state index contributed by atoms with van der Waals surface area (Å²) in [4.78, 5) is 12.1. The number of thiazole rings is 1. The lowest BCUT2D eigenvalue weighted by Gasteiger charge is -2.45. The largest absolute Gasteiger partial charge is 0.371 e. The van der Waals surface area contributed by atoms with E-state index in [4.69, 9.17) is 21.6 Å². The van der Waals surface area contributed by atoms with E-state index in [9.17, 15) is 0 Å². The zero-order chi connectivity index (χ0) is 26.0. The van der Waals surface area contributed by atoms with Crippen molar-refractivity contribution in [3.63, 3.8) is 0 Å². The predicted octanol–water partition coefficient (Wildman–Crippen LogP) is 10.2. The Bertz CT molecular complexity index is 1410.